The molecule has 0 saturated carbocycles. The number of thioether (sulfide) groups is 1. The number of carbonyl (C=O) groups excluding carboxylic acids is 1. The zero-order valence-corrected chi connectivity index (χ0v) is 15.9. The Bertz CT molecular complexity index is 1100. The zero-order chi connectivity index (χ0) is 18.1. The average molecular weight is 384 g/mol. The lowest BCUT2D eigenvalue weighted by Crippen LogP contribution is -2.25. The Hall–Kier alpha value is -2.52. The second-order valence-electron chi connectivity index (χ2n) is 5.75. The van der Waals surface area contributed by atoms with Gasteiger partial charge < -0.3 is 5.32 Å². The molecule has 1 amide bonds. The van der Waals surface area contributed by atoms with E-state index in [1.54, 1.807) is 17.7 Å². The van der Waals surface area contributed by atoms with Gasteiger partial charge in [0.15, 0.2) is 11.5 Å². The quantitative estimate of drug-likeness (QED) is 0.421. The number of nitrogens with zero attached hydrogens (tertiary/aromatic N) is 5. The Balaban J connectivity index is 1.42. The summed E-state index contributed by atoms with van der Waals surface area (Å²) in [6, 6.07) is 5.68. The summed E-state index contributed by atoms with van der Waals surface area (Å²) in [6.07, 6.45) is 3.44. The molecule has 0 aliphatic heterocycles. The molecule has 9 heteroatoms. The van der Waals surface area contributed by atoms with E-state index in [0.29, 0.717) is 12.4 Å². The molecule has 0 fully saturated rings. The van der Waals surface area contributed by atoms with Gasteiger partial charge in [0.05, 0.1) is 12.3 Å². The maximum Gasteiger partial charge on any atom is 0.230 e. The fraction of sp³-hybridized carbons (Fsp3) is 0.235. The molecule has 0 spiro atoms. The maximum atomic E-state index is 12.2. The average Bonchev–Trinajstić information content (AvgIpc) is 3.19. The van der Waals surface area contributed by atoms with E-state index in [9.17, 15) is 4.79 Å². The summed E-state index contributed by atoms with van der Waals surface area (Å²) in [7, 11) is 0. The second kappa shape index (κ2) is 7.00. The summed E-state index contributed by atoms with van der Waals surface area (Å²) in [5, 5.41) is 13.0. The number of hydrogen-bond donors (Lipinski definition) is 1. The van der Waals surface area contributed by atoms with Gasteiger partial charge in [0.2, 0.25) is 5.91 Å². The van der Waals surface area contributed by atoms with Crippen LogP contribution in [0.1, 0.15) is 16.3 Å². The number of hydrogen-bond acceptors (Lipinski definition) is 7. The van der Waals surface area contributed by atoms with Crippen molar-refractivity contribution >= 4 is 44.9 Å². The van der Waals surface area contributed by atoms with Crippen molar-refractivity contribution < 1.29 is 4.79 Å². The molecule has 0 aliphatic rings. The van der Waals surface area contributed by atoms with Crippen LogP contribution >= 0.6 is 23.1 Å². The summed E-state index contributed by atoms with van der Waals surface area (Å²) in [6.45, 7) is 4.48. The molecule has 1 N–H and O–H groups in total. The Kier molecular flexibility index (Phi) is 4.56. The van der Waals surface area contributed by atoms with Crippen LogP contribution in [0.3, 0.4) is 0 Å². The first-order valence-electron chi connectivity index (χ1n) is 8.02. The van der Waals surface area contributed by atoms with E-state index in [0.717, 1.165) is 20.9 Å². The van der Waals surface area contributed by atoms with Crippen molar-refractivity contribution in [2.75, 3.05) is 5.75 Å². The van der Waals surface area contributed by atoms with Crippen LogP contribution in [-0.2, 0) is 11.3 Å². The van der Waals surface area contributed by atoms with Crippen molar-refractivity contribution in [1.29, 1.82) is 0 Å². The topological polar surface area (TPSA) is 85.1 Å². The van der Waals surface area contributed by atoms with Gasteiger partial charge in [-0.2, -0.15) is 0 Å². The number of fused-ring (bicyclic) bond motifs is 2. The minimum atomic E-state index is -0.0703. The number of aromatic nitrogens is 5. The van der Waals surface area contributed by atoms with Crippen molar-refractivity contribution in [3.63, 3.8) is 0 Å². The van der Waals surface area contributed by atoms with Gasteiger partial charge in [-0.3, -0.25) is 9.20 Å². The van der Waals surface area contributed by atoms with Crippen LogP contribution < -0.4 is 5.32 Å². The largest absolute Gasteiger partial charge is 0.348 e. The van der Waals surface area contributed by atoms with Crippen LogP contribution in [-0.4, -0.2) is 36.2 Å². The van der Waals surface area contributed by atoms with Gasteiger partial charge in [-0.15, -0.1) is 21.5 Å². The molecular formula is C17H16N6OS2. The number of rotatable bonds is 5. The van der Waals surface area contributed by atoms with E-state index >= 15 is 0 Å². The summed E-state index contributed by atoms with van der Waals surface area (Å²) in [4.78, 5) is 23.1. The molecule has 4 aromatic heterocycles. The molecule has 26 heavy (non-hydrogen) atoms. The number of aryl methyl sites for hydroxylation is 2. The maximum absolute atomic E-state index is 12.2. The third kappa shape index (κ3) is 3.15. The summed E-state index contributed by atoms with van der Waals surface area (Å²) < 4.78 is 1.86. The summed E-state index contributed by atoms with van der Waals surface area (Å²) in [5.74, 6) is 0.920. The number of thiophene rings is 1. The van der Waals surface area contributed by atoms with Crippen molar-refractivity contribution in [2.45, 2.75) is 25.4 Å². The molecule has 0 radical (unpaired) electrons. The molecule has 0 saturated heterocycles. The third-order valence-electron chi connectivity index (χ3n) is 4.10. The predicted octanol–water partition coefficient (Wildman–Crippen LogP) is 2.76. The Labute approximate surface area is 157 Å². The van der Waals surface area contributed by atoms with E-state index in [2.05, 4.69) is 39.3 Å². The van der Waals surface area contributed by atoms with Gasteiger partial charge in [0.1, 0.15) is 16.2 Å². The minimum Gasteiger partial charge on any atom is -0.348 e. The molecule has 0 unspecified atom stereocenters. The fourth-order valence-electron chi connectivity index (χ4n) is 2.63. The highest BCUT2D eigenvalue weighted by atomic mass is 32.2. The first-order valence-corrected chi connectivity index (χ1v) is 9.82. The van der Waals surface area contributed by atoms with Gasteiger partial charge in [-0.1, -0.05) is 17.8 Å². The summed E-state index contributed by atoms with van der Waals surface area (Å²) in [5.41, 5.74) is 1.95. The van der Waals surface area contributed by atoms with Crippen LogP contribution in [0.25, 0.3) is 15.9 Å². The number of amides is 1. The predicted molar refractivity (Wildman–Crippen MR) is 102 cm³/mol. The van der Waals surface area contributed by atoms with Crippen LogP contribution in [0.2, 0.25) is 0 Å². The van der Waals surface area contributed by atoms with E-state index in [1.807, 2.05) is 28.8 Å². The smallest absolute Gasteiger partial charge is 0.230 e. The summed E-state index contributed by atoms with van der Waals surface area (Å²) >= 11 is 3.08. The van der Waals surface area contributed by atoms with Gasteiger partial charge in [-0.05, 0) is 31.5 Å². The number of carbonyl (C=O) groups is 1. The highest BCUT2D eigenvalue weighted by Gasteiger charge is 2.14. The molecule has 0 atom stereocenters. The number of nitrogens with one attached hydrogen (secondary N) is 1. The van der Waals surface area contributed by atoms with Crippen molar-refractivity contribution in [2.24, 2.45) is 0 Å². The SMILES string of the molecule is Cc1sc2ncnc(SCC(=O)NCc3nnc4ccccn34)c2c1C. The molecule has 7 nitrogen and oxygen atoms in total. The highest BCUT2D eigenvalue weighted by molar-refractivity contribution is 8.00. The zero-order valence-electron chi connectivity index (χ0n) is 14.3. The van der Waals surface area contributed by atoms with Crippen LogP contribution in [0, 0.1) is 13.8 Å². The lowest BCUT2D eigenvalue weighted by atomic mass is 10.2. The lowest BCUT2D eigenvalue weighted by molar-refractivity contribution is -0.118. The first-order chi connectivity index (χ1) is 12.6. The molecule has 0 aliphatic carbocycles. The van der Waals surface area contributed by atoms with Gasteiger partial charge in [-0.25, -0.2) is 9.97 Å². The van der Waals surface area contributed by atoms with Gasteiger partial charge in [0, 0.05) is 16.5 Å². The molecule has 4 rings (SSSR count). The third-order valence-corrected chi connectivity index (χ3v) is 6.20. The van der Waals surface area contributed by atoms with E-state index in [1.165, 1.54) is 22.2 Å². The van der Waals surface area contributed by atoms with Crippen LogP contribution in [0.15, 0.2) is 35.7 Å². The molecule has 4 aromatic rings. The Morgan fingerprint density at radius 1 is 1.27 bits per heavy atom. The Morgan fingerprint density at radius 2 is 2.15 bits per heavy atom. The lowest BCUT2D eigenvalue weighted by Gasteiger charge is -2.05. The fourth-order valence-corrected chi connectivity index (χ4v) is 4.58. The van der Waals surface area contributed by atoms with E-state index < -0.39 is 0 Å². The van der Waals surface area contributed by atoms with Crippen LogP contribution in [0.5, 0.6) is 0 Å². The van der Waals surface area contributed by atoms with E-state index in [4.69, 9.17) is 0 Å². The van der Waals surface area contributed by atoms with Crippen molar-refractivity contribution in [3.8, 4) is 0 Å². The minimum absolute atomic E-state index is 0.0703. The Morgan fingerprint density at radius 3 is 3.04 bits per heavy atom. The standard InChI is InChI=1S/C17H16N6OS2/c1-10-11(2)26-17-15(10)16(19-9-20-17)25-8-14(24)18-7-13-22-21-12-5-3-4-6-23(12)13/h3-6,9H,7-8H2,1-2H3,(H,18,24). The molecule has 0 bridgehead atoms. The van der Waals surface area contributed by atoms with Crippen molar-refractivity contribution in [1.82, 2.24) is 29.9 Å². The molecule has 0 aromatic carbocycles. The van der Waals surface area contributed by atoms with E-state index in [-0.39, 0.29) is 11.7 Å². The molecule has 4 heterocycles. The van der Waals surface area contributed by atoms with Crippen LogP contribution in [0.4, 0.5) is 0 Å². The second-order valence-corrected chi connectivity index (χ2v) is 7.92. The highest BCUT2D eigenvalue weighted by Crippen LogP contribution is 2.34. The van der Waals surface area contributed by atoms with Crippen molar-refractivity contribution in [3.05, 3.63) is 47.0 Å². The first kappa shape index (κ1) is 16.9. The van der Waals surface area contributed by atoms with Gasteiger partial charge in [0.25, 0.3) is 0 Å². The molecular weight excluding hydrogens is 368 g/mol. The van der Waals surface area contributed by atoms with Gasteiger partial charge >= 0.3 is 0 Å². The normalized spacial score (nSPS) is 11.3. The number of pyridine rings is 1. The monoisotopic (exact) mass is 384 g/mol. The molecule has 132 valence electrons.